The standard InChI is InChI=1S/C14H12N2O2/c17-14(7-6-12-4-2-1-3-5-12)18-11-13-10-15-8-9-16-13/h1-10H,11H2/b7-6-. The van der Waals surface area contributed by atoms with Crippen LogP contribution in [-0.4, -0.2) is 15.9 Å². The summed E-state index contributed by atoms with van der Waals surface area (Å²) in [5.74, 6) is -0.399. The highest BCUT2D eigenvalue weighted by Gasteiger charge is 1.99. The van der Waals surface area contributed by atoms with E-state index in [1.807, 2.05) is 30.3 Å². The van der Waals surface area contributed by atoms with E-state index in [9.17, 15) is 4.79 Å². The van der Waals surface area contributed by atoms with Crippen molar-refractivity contribution in [2.24, 2.45) is 0 Å². The predicted molar refractivity (Wildman–Crippen MR) is 67.3 cm³/mol. The topological polar surface area (TPSA) is 52.1 Å². The van der Waals surface area contributed by atoms with E-state index in [0.29, 0.717) is 5.69 Å². The average molecular weight is 240 g/mol. The van der Waals surface area contributed by atoms with Crippen molar-refractivity contribution < 1.29 is 9.53 Å². The third kappa shape index (κ3) is 3.83. The number of rotatable bonds is 4. The van der Waals surface area contributed by atoms with Gasteiger partial charge in [-0.25, -0.2) is 4.79 Å². The molecular formula is C14H12N2O2. The molecule has 18 heavy (non-hydrogen) atoms. The Labute approximate surface area is 105 Å². The highest BCUT2D eigenvalue weighted by molar-refractivity contribution is 5.86. The fourth-order valence-electron chi connectivity index (χ4n) is 1.33. The van der Waals surface area contributed by atoms with Gasteiger partial charge in [0.05, 0.1) is 11.9 Å². The highest BCUT2D eigenvalue weighted by atomic mass is 16.5. The molecule has 4 nitrogen and oxygen atoms in total. The monoisotopic (exact) mass is 240 g/mol. The molecule has 0 aliphatic rings. The lowest BCUT2D eigenvalue weighted by Crippen LogP contribution is -2.02. The second kappa shape index (κ2) is 6.30. The molecule has 0 N–H and O–H groups in total. The first-order chi connectivity index (χ1) is 8.84. The Morgan fingerprint density at radius 2 is 2.06 bits per heavy atom. The number of aromatic nitrogens is 2. The van der Waals surface area contributed by atoms with Crippen LogP contribution in [0.4, 0.5) is 0 Å². The predicted octanol–water partition coefficient (Wildman–Crippen LogP) is 2.23. The van der Waals surface area contributed by atoms with Crippen LogP contribution in [0.25, 0.3) is 6.08 Å². The van der Waals surface area contributed by atoms with Crippen LogP contribution in [0.1, 0.15) is 11.3 Å². The van der Waals surface area contributed by atoms with E-state index in [2.05, 4.69) is 9.97 Å². The second-order valence-electron chi connectivity index (χ2n) is 3.55. The van der Waals surface area contributed by atoms with Gasteiger partial charge in [-0.15, -0.1) is 0 Å². The number of benzene rings is 1. The zero-order valence-corrected chi connectivity index (χ0v) is 9.69. The van der Waals surface area contributed by atoms with Crippen molar-refractivity contribution >= 4 is 12.0 Å². The van der Waals surface area contributed by atoms with E-state index in [1.54, 1.807) is 24.7 Å². The molecule has 0 atom stereocenters. The van der Waals surface area contributed by atoms with E-state index in [-0.39, 0.29) is 6.61 Å². The highest BCUT2D eigenvalue weighted by Crippen LogP contribution is 2.02. The third-order valence-electron chi connectivity index (χ3n) is 2.19. The fourth-order valence-corrected chi connectivity index (χ4v) is 1.33. The van der Waals surface area contributed by atoms with E-state index in [4.69, 9.17) is 4.74 Å². The maximum atomic E-state index is 11.4. The molecule has 0 amide bonds. The lowest BCUT2D eigenvalue weighted by Gasteiger charge is -2.00. The molecule has 4 heteroatoms. The van der Waals surface area contributed by atoms with Crippen LogP contribution in [0, 0.1) is 0 Å². The zero-order chi connectivity index (χ0) is 12.6. The van der Waals surface area contributed by atoms with Crippen molar-refractivity contribution in [2.45, 2.75) is 6.61 Å². The molecule has 0 spiro atoms. The van der Waals surface area contributed by atoms with Gasteiger partial charge in [0.1, 0.15) is 6.61 Å². The van der Waals surface area contributed by atoms with Gasteiger partial charge in [0.2, 0.25) is 0 Å². The first-order valence-electron chi connectivity index (χ1n) is 5.49. The maximum absolute atomic E-state index is 11.4. The van der Waals surface area contributed by atoms with Crippen LogP contribution in [-0.2, 0) is 16.1 Å². The van der Waals surface area contributed by atoms with E-state index < -0.39 is 5.97 Å². The Bertz CT molecular complexity index is 524. The molecule has 1 aromatic carbocycles. The number of nitrogens with zero attached hydrogens (tertiary/aromatic N) is 2. The minimum Gasteiger partial charge on any atom is -0.456 e. The number of carbonyl (C=O) groups is 1. The van der Waals surface area contributed by atoms with Gasteiger partial charge in [-0.1, -0.05) is 30.3 Å². The Balaban J connectivity index is 1.84. The Hall–Kier alpha value is -2.49. The molecule has 0 bridgehead atoms. The molecule has 1 heterocycles. The quantitative estimate of drug-likeness (QED) is 0.607. The molecule has 0 fully saturated rings. The van der Waals surface area contributed by atoms with Gasteiger partial charge in [0.25, 0.3) is 0 Å². The van der Waals surface area contributed by atoms with Crippen molar-refractivity contribution in [3.8, 4) is 0 Å². The molecule has 0 saturated heterocycles. The Morgan fingerprint density at radius 1 is 1.22 bits per heavy atom. The summed E-state index contributed by atoms with van der Waals surface area (Å²) in [5.41, 5.74) is 1.58. The first-order valence-corrected chi connectivity index (χ1v) is 5.49. The van der Waals surface area contributed by atoms with Gasteiger partial charge in [0.15, 0.2) is 0 Å². The van der Waals surface area contributed by atoms with Crippen LogP contribution in [0.2, 0.25) is 0 Å². The minimum absolute atomic E-state index is 0.131. The second-order valence-corrected chi connectivity index (χ2v) is 3.55. The van der Waals surface area contributed by atoms with E-state index in [1.165, 1.54) is 6.08 Å². The number of hydrogen-bond acceptors (Lipinski definition) is 4. The van der Waals surface area contributed by atoms with E-state index in [0.717, 1.165) is 5.56 Å². The normalized spacial score (nSPS) is 10.4. The molecule has 0 unspecified atom stereocenters. The summed E-state index contributed by atoms with van der Waals surface area (Å²) in [7, 11) is 0. The number of esters is 1. The SMILES string of the molecule is O=C(/C=C\c1ccccc1)OCc1cnccn1. The van der Waals surface area contributed by atoms with Gasteiger partial charge in [-0.3, -0.25) is 9.97 Å². The Kier molecular flexibility index (Phi) is 4.19. The van der Waals surface area contributed by atoms with Crippen LogP contribution < -0.4 is 0 Å². The van der Waals surface area contributed by atoms with Crippen molar-refractivity contribution in [2.75, 3.05) is 0 Å². The summed E-state index contributed by atoms with van der Waals surface area (Å²) in [6, 6.07) is 9.55. The van der Waals surface area contributed by atoms with Crippen LogP contribution in [0.5, 0.6) is 0 Å². The molecule has 0 aliphatic heterocycles. The molecule has 2 rings (SSSR count). The summed E-state index contributed by atoms with van der Waals surface area (Å²) in [6.07, 6.45) is 7.79. The number of hydrogen-bond donors (Lipinski definition) is 0. The number of ether oxygens (including phenoxy) is 1. The molecule has 0 saturated carbocycles. The molecular weight excluding hydrogens is 228 g/mol. The minimum atomic E-state index is -0.399. The lowest BCUT2D eigenvalue weighted by atomic mass is 10.2. The van der Waals surface area contributed by atoms with Crippen LogP contribution >= 0.6 is 0 Å². The van der Waals surface area contributed by atoms with Crippen LogP contribution in [0.15, 0.2) is 55.0 Å². The largest absolute Gasteiger partial charge is 0.456 e. The fraction of sp³-hybridized carbons (Fsp3) is 0.0714. The third-order valence-corrected chi connectivity index (χ3v) is 2.19. The molecule has 0 radical (unpaired) electrons. The van der Waals surface area contributed by atoms with Gasteiger partial charge in [-0.05, 0) is 11.6 Å². The van der Waals surface area contributed by atoms with Crippen molar-refractivity contribution in [3.05, 3.63) is 66.3 Å². The van der Waals surface area contributed by atoms with Gasteiger partial charge >= 0.3 is 5.97 Å². The van der Waals surface area contributed by atoms with Gasteiger partial charge in [-0.2, -0.15) is 0 Å². The summed E-state index contributed by atoms with van der Waals surface area (Å²) in [5, 5.41) is 0. The maximum Gasteiger partial charge on any atom is 0.331 e. The summed E-state index contributed by atoms with van der Waals surface area (Å²) >= 11 is 0. The average Bonchev–Trinajstić information content (AvgIpc) is 2.45. The molecule has 1 aromatic heterocycles. The summed E-state index contributed by atoms with van der Waals surface area (Å²) in [6.45, 7) is 0.131. The van der Waals surface area contributed by atoms with E-state index >= 15 is 0 Å². The van der Waals surface area contributed by atoms with Gasteiger partial charge < -0.3 is 4.74 Å². The Morgan fingerprint density at radius 3 is 2.78 bits per heavy atom. The summed E-state index contributed by atoms with van der Waals surface area (Å²) in [4.78, 5) is 19.3. The van der Waals surface area contributed by atoms with Crippen molar-refractivity contribution in [1.29, 1.82) is 0 Å². The van der Waals surface area contributed by atoms with Crippen LogP contribution in [0.3, 0.4) is 0 Å². The van der Waals surface area contributed by atoms with Crippen molar-refractivity contribution in [3.63, 3.8) is 0 Å². The van der Waals surface area contributed by atoms with Gasteiger partial charge in [0, 0.05) is 18.5 Å². The molecule has 0 aliphatic carbocycles. The lowest BCUT2D eigenvalue weighted by molar-refractivity contribution is -0.139. The summed E-state index contributed by atoms with van der Waals surface area (Å²) < 4.78 is 5.02. The number of carbonyl (C=O) groups excluding carboxylic acids is 1. The molecule has 90 valence electrons. The van der Waals surface area contributed by atoms with Crippen molar-refractivity contribution in [1.82, 2.24) is 9.97 Å². The zero-order valence-electron chi connectivity index (χ0n) is 9.69. The molecule has 2 aromatic rings. The first kappa shape index (κ1) is 12.0. The smallest absolute Gasteiger partial charge is 0.331 e.